The Kier molecular flexibility index (Phi) is 3.09. The molecule has 2 heterocycles. The Morgan fingerprint density at radius 3 is 3.00 bits per heavy atom. The molecule has 1 aliphatic heterocycles. The molecule has 0 radical (unpaired) electrons. The molecule has 0 bridgehead atoms. The van der Waals surface area contributed by atoms with Crippen molar-refractivity contribution in [2.24, 2.45) is 5.92 Å². The van der Waals surface area contributed by atoms with E-state index in [4.69, 9.17) is 5.73 Å². The molecule has 88 valence electrons. The summed E-state index contributed by atoms with van der Waals surface area (Å²) < 4.78 is 1.48. The van der Waals surface area contributed by atoms with E-state index in [0.29, 0.717) is 12.5 Å². The molecule has 1 aromatic rings. The van der Waals surface area contributed by atoms with E-state index >= 15 is 0 Å². The molecule has 2 rings (SSSR count). The highest BCUT2D eigenvalue weighted by atomic mass is 16.2. The second kappa shape index (κ2) is 4.52. The van der Waals surface area contributed by atoms with Gasteiger partial charge < -0.3 is 11.1 Å². The zero-order valence-corrected chi connectivity index (χ0v) is 9.03. The maximum atomic E-state index is 11.5. The van der Waals surface area contributed by atoms with Crippen molar-refractivity contribution in [1.82, 2.24) is 14.9 Å². The molecule has 4 N–H and O–H groups in total. The molecular formula is C10H16N4O2. The van der Waals surface area contributed by atoms with Gasteiger partial charge in [-0.25, -0.2) is 4.79 Å². The van der Waals surface area contributed by atoms with Gasteiger partial charge in [-0.05, 0) is 31.8 Å². The number of piperidine rings is 1. The summed E-state index contributed by atoms with van der Waals surface area (Å²) in [4.78, 5) is 24.8. The Labute approximate surface area is 92.5 Å². The number of nitrogens with one attached hydrogen (secondary N) is 2. The van der Waals surface area contributed by atoms with Crippen molar-refractivity contribution in [1.29, 1.82) is 0 Å². The van der Waals surface area contributed by atoms with Crippen LogP contribution in [0.5, 0.6) is 0 Å². The number of aromatic amines is 1. The average Bonchev–Trinajstić information content (AvgIpc) is 2.27. The SMILES string of the molecule is Nc1cn(CC2CCCNC2)c(=O)[nH]c1=O. The quantitative estimate of drug-likeness (QED) is 0.608. The van der Waals surface area contributed by atoms with Crippen LogP contribution < -0.4 is 22.3 Å². The van der Waals surface area contributed by atoms with Gasteiger partial charge in [0.05, 0.1) is 0 Å². The van der Waals surface area contributed by atoms with Crippen LogP contribution in [0.2, 0.25) is 0 Å². The van der Waals surface area contributed by atoms with Crippen molar-refractivity contribution in [3.8, 4) is 0 Å². The van der Waals surface area contributed by atoms with E-state index < -0.39 is 5.56 Å². The first-order valence-electron chi connectivity index (χ1n) is 5.47. The smallest absolute Gasteiger partial charge is 0.328 e. The molecule has 16 heavy (non-hydrogen) atoms. The van der Waals surface area contributed by atoms with E-state index in [0.717, 1.165) is 25.9 Å². The number of anilines is 1. The Bertz CT molecular complexity index is 470. The maximum absolute atomic E-state index is 11.5. The minimum Gasteiger partial charge on any atom is -0.393 e. The van der Waals surface area contributed by atoms with Crippen LogP contribution in [0, 0.1) is 5.92 Å². The predicted molar refractivity (Wildman–Crippen MR) is 61.3 cm³/mol. The van der Waals surface area contributed by atoms with Crippen molar-refractivity contribution in [3.63, 3.8) is 0 Å². The number of nitrogens with two attached hydrogens (primary N) is 1. The summed E-state index contributed by atoms with van der Waals surface area (Å²) in [6.07, 6.45) is 3.65. The van der Waals surface area contributed by atoms with Crippen molar-refractivity contribution in [2.45, 2.75) is 19.4 Å². The van der Waals surface area contributed by atoms with Gasteiger partial charge in [-0.3, -0.25) is 14.3 Å². The molecule has 1 fully saturated rings. The third-order valence-corrected chi connectivity index (χ3v) is 2.89. The third kappa shape index (κ3) is 2.33. The Morgan fingerprint density at radius 2 is 2.31 bits per heavy atom. The molecule has 0 spiro atoms. The topological polar surface area (TPSA) is 92.9 Å². The lowest BCUT2D eigenvalue weighted by atomic mass is 10.00. The summed E-state index contributed by atoms with van der Waals surface area (Å²) >= 11 is 0. The Morgan fingerprint density at radius 1 is 1.50 bits per heavy atom. The highest BCUT2D eigenvalue weighted by Gasteiger charge is 2.14. The van der Waals surface area contributed by atoms with Crippen LogP contribution in [0.4, 0.5) is 5.69 Å². The Hall–Kier alpha value is -1.56. The van der Waals surface area contributed by atoms with Crippen LogP contribution in [0.3, 0.4) is 0 Å². The number of hydrogen-bond acceptors (Lipinski definition) is 4. The summed E-state index contributed by atoms with van der Waals surface area (Å²) in [5, 5.41) is 3.28. The maximum Gasteiger partial charge on any atom is 0.328 e. The molecular weight excluding hydrogens is 208 g/mol. The molecule has 0 amide bonds. The van der Waals surface area contributed by atoms with Gasteiger partial charge in [-0.2, -0.15) is 0 Å². The summed E-state index contributed by atoms with van der Waals surface area (Å²) in [5.74, 6) is 0.428. The first-order chi connectivity index (χ1) is 7.66. The molecule has 1 saturated heterocycles. The lowest BCUT2D eigenvalue weighted by molar-refractivity contribution is 0.332. The van der Waals surface area contributed by atoms with Crippen LogP contribution in [-0.4, -0.2) is 22.6 Å². The normalized spacial score (nSPS) is 20.9. The zero-order chi connectivity index (χ0) is 11.5. The fraction of sp³-hybridized carbons (Fsp3) is 0.600. The van der Waals surface area contributed by atoms with E-state index in [1.54, 1.807) is 0 Å². The van der Waals surface area contributed by atoms with Crippen molar-refractivity contribution < 1.29 is 0 Å². The van der Waals surface area contributed by atoms with Gasteiger partial charge in [-0.15, -0.1) is 0 Å². The first kappa shape index (κ1) is 10.9. The number of hydrogen-bond donors (Lipinski definition) is 3. The van der Waals surface area contributed by atoms with E-state index in [1.807, 2.05) is 0 Å². The van der Waals surface area contributed by atoms with E-state index in [-0.39, 0.29) is 11.4 Å². The predicted octanol–water partition coefficient (Wildman–Crippen LogP) is -0.882. The third-order valence-electron chi connectivity index (χ3n) is 2.89. The van der Waals surface area contributed by atoms with Crippen LogP contribution in [-0.2, 0) is 6.54 Å². The lowest BCUT2D eigenvalue weighted by Crippen LogP contribution is -2.37. The molecule has 0 aliphatic carbocycles. The fourth-order valence-electron chi connectivity index (χ4n) is 2.02. The van der Waals surface area contributed by atoms with Crippen LogP contribution in [0.15, 0.2) is 15.8 Å². The van der Waals surface area contributed by atoms with Gasteiger partial charge in [0.2, 0.25) is 0 Å². The van der Waals surface area contributed by atoms with Crippen molar-refractivity contribution in [3.05, 3.63) is 27.0 Å². The molecule has 1 unspecified atom stereocenters. The van der Waals surface area contributed by atoms with E-state index in [9.17, 15) is 9.59 Å². The zero-order valence-electron chi connectivity index (χ0n) is 9.03. The van der Waals surface area contributed by atoms with E-state index in [1.165, 1.54) is 10.8 Å². The minimum atomic E-state index is -0.511. The summed E-state index contributed by atoms with van der Waals surface area (Å²) in [6, 6.07) is 0. The highest BCUT2D eigenvalue weighted by molar-refractivity contribution is 5.30. The summed E-state index contributed by atoms with van der Waals surface area (Å²) in [6.45, 7) is 2.55. The van der Waals surface area contributed by atoms with Gasteiger partial charge in [0.15, 0.2) is 0 Å². The van der Waals surface area contributed by atoms with Gasteiger partial charge in [0.25, 0.3) is 5.56 Å². The standard InChI is InChI=1S/C10H16N4O2/c11-8-6-14(10(16)13-9(8)15)5-7-2-1-3-12-4-7/h6-7,12H,1-5,11H2,(H,13,15,16). The fourth-order valence-corrected chi connectivity index (χ4v) is 2.02. The van der Waals surface area contributed by atoms with Crippen LogP contribution in [0.1, 0.15) is 12.8 Å². The monoisotopic (exact) mass is 224 g/mol. The van der Waals surface area contributed by atoms with E-state index in [2.05, 4.69) is 10.3 Å². The Balaban J connectivity index is 2.17. The molecule has 6 nitrogen and oxygen atoms in total. The van der Waals surface area contributed by atoms with Gasteiger partial charge >= 0.3 is 5.69 Å². The number of nitrogen functional groups attached to an aromatic ring is 1. The second-order valence-electron chi connectivity index (χ2n) is 4.21. The molecule has 1 aliphatic rings. The summed E-state index contributed by atoms with van der Waals surface area (Å²) in [5.41, 5.74) is 4.67. The lowest BCUT2D eigenvalue weighted by Gasteiger charge is -2.23. The number of aromatic nitrogens is 2. The molecule has 1 atom stereocenters. The van der Waals surface area contributed by atoms with Gasteiger partial charge in [0.1, 0.15) is 5.69 Å². The van der Waals surface area contributed by atoms with Crippen molar-refractivity contribution in [2.75, 3.05) is 18.8 Å². The highest BCUT2D eigenvalue weighted by Crippen LogP contribution is 2.11. The van der Waals surface area contributed by atoms with Gasteiger partial charge in [-0.1, -0.05) is 0 Å². The first-order valence-corrected chi connectivity index (χ1v) is 5.47. The van der Waals surface area contributed by atoms with Crippen molar-refractivity contribution >= 4 is 5.69 Å². The summed E-state index contributed by atoms with van der Waals surface area (Å²) in [7, 11) is 0. The van der Waals surface area contributed by atoms with Crippen LogP contribution >= 0.6 is 0 Å². The average molecular weight is 224 g/mol. The largest absolute Gasteiger partial charge is 0.393 e. The van der Waals surface area contributed by atoms with Gasteiger partial charge in [0, 0.05) is 12.7 Å². The molecule has 6 heteroatoms. The minimum absolute atomic E-state index is 0.0865. The number of rotatable bonds is 2. The molecule has 1 aromatic heterocycles. The molecule has 0 saturated carbocycles. The van der Waals surface area contributed by atoms with Crippen LogP contribution in [0.25, 0.3) is 0 Å². The number of nitrogens with zero attached hydrogens (tertiary/aromatic N) is 1. The second-order valence-corrected chi connectivity index (χ2v) is 4.21. The molecule has 0 aromatic carbocycles. The number of H-pyrrole nitrogens is 1.